The van der Waals surface area contributed by atoms with Crippen LogP contribution in [-0.4, -0.2) is 20.6 Å². The minimum Gasteiger partial charge on any atom is -0.506 e. The molecule has 0 bridgehead atoms. The minimum absolute atomic E-state index is 0.0710. The molecule has 0 saturated heterocycles. The molecule has 3 heterocycles. The Balaban J connectivity index is 1.43. The smallest absolute Gasteiger partial charge is 0.349 e. The first kappa shape index (κ1) is 26.6. The van der Waals surface area contributed by atoms with Crippen LogP contribution in [0.25, 0.3) is 27.9 Å². The first-order valence-corrected chi connectivity index (χ1v) is 14.2. The number of aliphatic imine (C=N–C) groups is 1. The third-order valence-electron chi connectivity index (χ3n) is 8.20. The average Bonchev–Trinajstić information content (AvgIpc) is 3.36. The Morgan fingerprint density at radius 2 is 1.60 bits per heavy atom. The number of aromatic hydroxyl groups is 1. The molecule has 0 saturated carbocycles. The van der Waals surface area contributed by atoms with E-state index in [0.717, 1.165) is 39.2 Å². The highest BCUT2D eigenvalue weighted by atomic mass is 19.1. The quantitative estimate of drug-likeness (QED) is 0.219. The van der Waals surface area contributed by atoms with Gasteiger partial charge in [-0.05, 0) is 91.8 Å². The Labute approximate surface area is 247 Å². The molecule has 0 spiro atoms. The van der Waals surface area contributed by atoms with Crippen molar-refractivity contribution in [2.24, 2.45) is 4.99 Å². The molecule has 0 radical (unpaired) electrons. The summed E-state index contributed by atoms with van der Waals surface area (Å²) in [5.74, 6) is -0.620. The second-order valence-corrected chi connectivity index (χ2v) is 11.0. The van der Waals surface area contributed by atoms with Crippen molar-refractivity contribution in [1.29, 1.82) is 0 Å². The number of fused-ring (bicyclic) bond motifs is 2. The van der Waals surface area contributed by atoms with Crippen molar-refractivity contribution in [2.75, 3.05) is 0 Å². The fraction of sp³-hybridized carbons (Fsp3) is 0.139. The third kappa shape index (κ3) is 4.73. The molecule has 4 aromatic carbocycles. The summed E-state index contributed by atoms with van der Waals surface area (Å²) in [6, 6.07) is 27.7. The molecular formula is C36H28FN3O3. The molecule has 1 N–H and O–H groups in total. The molecule has 0 fully saturated rings. The van der Waals surface area contributed by atoms with E-state index in [2.05, 4.69) is 0 Å². The molecule has 1 atom stereocenters. The lowest BCUT2D eigenvalue weighted by atomic mass is 9.86. The lowest BCUT2D eigenvalue weighted by molar-refractivity contribution is 0.465. The van der Waals surface area contributed by atoms with Crippen molar-refractivity contribution in [3.8, 4) is 22.7 Å². The Morgan fingerprint density at radius 1 is 0.884 bits per heavy atom. The number of nitrogens with zero attached hydrogens (tertiary/aromatic N) is 3. The molecule has 2 aromatic heterocycles. The summed E-state index contributed by atoms with van der Waals surface area (Å²) >= 11 is 0. The van der Waals surface area contributed by atoms with Crippen LogP contribution in [0.5, 0.6) is 5.75 Å². The second kappa shape index (κ2) is 10.5. The Hall–Kier alpha value is -5.30. The van der Waals surface area contributed by atoms with E-state index < -0.39 is 5.63 Å². The summed E-state index contributed by atoms with van der Waals surface area (Å²) < 4.78 is 21.6. The van der Waals surface area contributed by atoms with E-state index in [-0.39, 0.29) is 23.0 Å². The maximum absolute atomic E-state index is 13.9. The van der Waals surface area contributed by atoms with Gasteiger partial charge in [0.1, 0.15) is 22.7 Å². The highest BCUT2D eigenvalue weighted by Gasteiger charge is 2.30. The molecule has 6 nitrogen and oxygen atoms in total. The summed E-state index contributed by atoms with van der Waals surface area (Å²) in [6.07, 6.45) is 2.97. The molecule has 1 unspecified atom stereocenters. The zero-order chi connectivity index (χ0) is 29.7. The monoisotopic (exact) mass is 569 g/mol. The number of benzene rings is 4. The van der Waals surface area contributed by atoms with Crippen molar-refractivity contribution < 1.29 is 13.9 Å². The normalized spacial score (nSPS) is 14.8. The van der Waals surface area contributed by atoms with Gasteiger partial charge < -0.3 is 9.52 Å². The highest BCUT2D eigenvalue weighted by molar-refractivity contribution is 6.08. The molecular weight excluding hydrogens is 541 g/mol. The van der Waals surface area contributed by atoms with Gasteiger partial charge in [0.25, 0.3) is 0 Å². The number of halogens is 1. The van der Waals surface area contributed by atoms with Gasteiger partial charge in [-0.25, -0.2) is 13.9 Å². The van der Waals surface area contributed by atoms with Crippen molar-refractivity contribution in [3.05, 3.63) is 141 Å². The zero-order valence-electron chi connectivity index (χ0n) is 23.7. The van der Waals surface area contributed by atoms with Crippen LogP contribution < -0.4 is 5.63 Å². The Morgan fingerprint density at radius 3 is 2.40 bits per heavy atom. The van der Waals surface area contributed by atoms with E-state index in [1.165, 1.54) is 12.1 Å². The highest BCUT2D eigenvalue weighted by Crippen LogP contribution is 2.41. The fourth-order valence-corrected chi connectivity index (χ4v) is 5.99. The predicted molar refractivity (Wildman–Crippen MR) is 166 cm³/mol. The van der Waals surface area contributed by atoms with E-state index in [0.29, 0.717) is 35.2 Å². The van der Waals surface area contributed by atoms with Crippen LogP contribution in [0.15, 0.2) is 111 Å². The van der Waals surface area contributed by atoms with Crippen LogP contribution in [0.4, 0.5) is 10.1 Å². The van der Waals surface area contributed by atoms with E-state index in [1.54, 1.807) is 12.1 Å². The molecule has 1 aliphatic heterocycles. The van der Waals surface area contributed by atoms with Gasteiger partial charge in [0.05, 0.1) is 28.2 Å². The van der Waals surface area contributed by atoms with Crippen LogP contribution >= 0.6 is 0 Å². The van der Waals surface area contributed by atoms with Gasteiger partial charge >= 0.3 is 5.63 Å². The second-order valence-electron chi connectivity index (χ2n) is 11.0. The van der Waals surface area contributed by atoms with Crippen LogP contribution in [0.1, 0.15) is 40.2 Å². The van der Waals surface area contributed by atoms with Crippen molar-refractivity contribution in [1.82, 2.24) is 9.78 Å². The lowest BCUT2D eigenvalue weighted by Gasteiger charge is -2.17. The summed E-state index contributed by atoms with van der Waals surface area (Å²) in [7, 11) is 0. The summed E-state index contributed by atoms with van der Waals surface area (Å²) in [6.45, 7) is 3.73. The average molecular weight is 570 g/mol. The van der Waals surface area contributed by atoms with Crippen molar-refractivity contribution >= 4 is 22.4 Å². The van der Waals surface area contributed by atoms with E-state index in [1.807, 2.05) is 91.5 Å². The minimum atomic E-state index is -0.630. The fourth-order valence-electron chi connectivity index (χ4n) is 5.99. The van der Waals surface area contributed by atoms with Gasteiger partial charge in [-0.15, -0.1) is 0 Å². The first-order valence-electron chi connectivity index (χ1n) is 14.2. The SMILES string of the molecule is Cc1ccc(C)c2c(O)c(C3=Nc4ccccc4CC(c4cn(-c5ccccc5)nc4-c4ccc(F)cc4)C3)c(=O)oc12. The van der Waals surface area contributed by atoms with Crippen molar-refractivity contribution in [3.63, 3.8) is 0 Å². The number of hydrogen-bond acceptors (Lipinski definition) is 5. The molecule has 6 aromatic rings. The summed E-state index contributed by atoms with van der Waals surface area (Å²) in [4.78, 5) is 18.5. The van der Waals surface area contributed by atoms with E-state index in [9.17, 15) is 14.3 Å². The van der Waals surface area contributed by atoms with Gasteiger partial charge in [-0.3, -0.25) is 4.99 Å². The molecule has 1 aliphatic rings. The molecule has 7 rings (SSSR count). The molecule has 0 aliphatic carbocycles. The van der Waals surface area contributed by atoms with Gasteiger partial charge in [0, 0.05) is 17.3 Å². The lowest BCUT2D eigenvalue weighted by Crippen LogP contribution is -2.18. The topological polar surface area (TPSA) is 80.6 Å². The van der Waals surface area contributed by atoms with E-state index in [4.69, 9.17) is 14.5 Å². The van der Waals surface area contributed by atoms with Gasteiger partial charge in [0.2, 0.25) is 0 Å². The summed E-state index contributed by atoms with van der Waals surface area (Å²) in [5, 5.41) is 17.1. The molecule has 0 amide bonds. The standard InChI is InChI=1S/C36H28FN3O3/c1-21-12-13-22(2)35-31(21)34(41)32(36(42)43-35)30-19-25(18-24-8-6-7-11-29(24)38-30)28-20-40(27-9-4-3-5-10-27)39-33(28)23-14-16-26(37)17-15-23/h3-17,20,25,41H,18-19H2,1-2H3. The third-order valence-corrected chi connectivity index (χ3v) is 8.20. The number of aromatic nitrogens is 2. The predicted octanol–water partition coefficient (Wildman–Crippen LogP) is 7.96. The number of rotatable bonds is 4. The van der Waals surface area contributed by atoms with Crippen LogP contribution in [0, 0.1) is 19.7 Å². The van der Waals surface area contributed by atoms with Crippen LogP contribution in [0.2, 0.25) is 0 Å². The van der Waals surface area contributed by atoms with Gasteiger partial charge in [0.15, 0.2) is 0 Å². The van der Waals surface area contributed by atoms with Crippen LogP contribution in [0.3, 0.4) is 0 Å². The molecule has 212 valence electrons. The van der Waals surface area contributed by atoms with Crippen molar-refractivity contribution in [2.45, 2.75) is 32.6 Å². The van der Waals surface area contributed by atoms with Gasteiger partial charge in [-0.1, -0.05) is 48.5 Å². The van der Waals surface area contributed by atoms with Crippen LogP contribution in [-0.2, 0) is 6.42 Å². The maximum atomic E-state index is 13.9. The zero-order valence-corrected chi connectivity index (χ0v) is 23.7. The molecule has 7 heteroatoms. The molecule has 43 heavy (non-hydrogen) atoms. The Kier molecular flexibility index (Phi) is 6.50. The summed E-state index contributed by atoms with van der Waals surface area (Å²) in [5.41, 5.74) is 6.89. The first-order chi connectivity index (χ1) is 20.9. The Bertz CT molecular complexity index is 2090. The largest absolute Gasteiger partial charge is 0.506 e. The number of para-hydroxylation sites is 2. The number of aryl methyl sites for hydroxylation is 2. The van der Waals surface area contributed by atoms with E-state index >= 15 is 0 Å². The number of hydrogen-bond donors (Lipinski definition) is 1. The maximum Gasteiger partial charge on any atom is 0.349 e. The van der Waals surface area contributed by atoms with Gasteiger partial charge in [-0.2, -0.15) is 5.10 Å².